The third kappa shape index (κ3) is 8.47. The van der Waals surface area contributed by atoms with Crippen molar-refractivity contribution in [2.45, 2.75) is 38.0 Å². The molecule has 3 aliphatic carbocycles. The second-order valence-corrected chi connectivity index (χ2v) is 17.7. The summed E-state index contributed by atoms with van der Waals surface area (Å²) in [7, 11) is 0. The fourth-order valence-corrected chi connectivity index (χ4v) is 10.1. The van der Waals surface area contributed by atoms with Crippen LogP contribution in [0.1, 0.15) is 71.4 Å². The molecule has 66 heavy (non-hydrogen) atoms. The van der Waals surface area contributed by atoms with E-state index in [-0.39, 0.29) is 0 Å². The molecule has 0 heterocycles. The molecule has 0 radical (unpaired) electrons. The minimum atomic E-state index is 0.331. The van der Waals surface area contributed by atoms with Crippen LogP contribution in [0.3, 0.4) is 0 Å². The molecule has 11 rings (SSSR count). The number of rotatable bonds is 10. The minimum absolute atomic E-state index is 0.331. The van der Waals surface area contributed by atoms with Crippen LogP contribution in [0.15, 0.2) is 248 Å². The lowest BCUT2D eigenvalue weighted by atomic mass is 9.82. The third-order valence-corrected chi connectivity index (χ3v) is 13.6. The SMILES string of the molecule is C1=CCCC(/C(=C\c2ccc(C3C=CC(c4c5ccccc5c(-c5ccc(-c6ccc(/C=C(/C7=CCCC=C7)c7ccccc7)cc6)cc5)c5ccccc45)=CC3)cc2)c2ccccc2)=C1. The summed E-state index contributed by atoms with van der Waals surface area (Å²) in [5.74, 6) is 0.331. The van der Waals surface area contributed by atoms with Gasteiger partial charge in [0.05, 0.1) is 0 Å². The lowest BCUT2D eigenvalue weighted by Gasteiger charge is -2.21. The van der Waals surface area contributed by atoms with E-state index in [9.17, 15) is 0 Å². The predicted molar refractivity (Wildman–Crippen MR) is 285 cm³/mol. The molecule has 3 aliphatic rings. The summed E-state index contributed by atoms with van der Waals surface area (Å²) in [6.07, 6.45) is 30.9. The van der Waals surface area contributed by atoms with E-state index in [0.29, 0.717) is 5.92 Å². The molecule has 0 saturated carbocycles. The van der Waals surface area contributed by atoms with Crippen molar-refractivity contribution in [3.05, 3.63) is 281 Å². The maximum atomic E-state index is 2.46. The third-order valence-electron chi connectivity index (χ3n) is 13.6. The lowest BCUT2D eigenvalue weighted by Crippen LogP contribution is -2.00. The predicted octanol–water partition coefficient (Wildman–Crippen LogP) is 18.1. The maximum absolute atomic E-state index is 2.46. The van der Waals surface area contributed by atoms with E-state index < -0.39 is 0 Å². The molecule has 8 aromatic carbocycles. The van der Waals surface area contributed by atoms with Gasteiger partial charge >= 0.3 is 0 Å². The molecule has 0 N–H and O–H groups in total. The number of hydrogen-bond donors (Lipinski definition) is 0. The summed E-state index contributed by atoms with van der Waals surface area (Å²) in [5, 5.41) is 5.14. The highest BCUT2D eigenvalue weighted by Crippen LogP contribution is 2.44. The standard InChI is InChI=1S/C66H52/c1-5-17-53(18-6-1)63(54-19-7-2-8-20-54)45-47-29-33-49(34-30-47)51-37-41-57(42-38-51)65-59-25-13-15-27-61(59)66(62-28-16-14-26-60(62)65)58-43-39-52(40-44-58)50-35-31-48(32-36-50)46-64(55-21-9-3-10-22-55)56-23-11-4-12-24-56/h1-3,5-7,9-11,13-19,21-37,39-46,51H,4,8,12,20,38H2/b63-45-,64-46+. The fraction of sp³-hybridized carbons (Fsp3) is 0.0909. The smallest absolute Gasteiger partial charge is 0.00561 e. The summed E-state index contributed by atoms with van der Waals surface area (Å²) in [4.78, 5) is 0. The van der Waals surface area contributed by atoms with Gasteiger partial charge in [0.15, 0.2) is 0 Å². The van der Waals surface area contributed by atoms with Gasteiger partial charge in [0.2, 0.25) is 0 Å². The second-order valence-electron chi connectivity index (χ2n) is 17.7. The molecule has 1 atom stereocenters. The highest BCUT2D eigenvalue weighted by molar-refractivity contribution is 6.19. The number of fused-ring (bicyclic) bond motifs is 2. The van der Waals surface area contributed by atoms with Crippen molar-refractivity contribution in [1.29, 1.82) is 0 Å². The van der Waals surface area contributed by atoms with Gasteiger partial charge in [-0.2, -0.15) is 0 Å². The zero-order valence-corrected chi connectivity index (χ0v) is 37.3. The largest absolute Gasteiger partial charge is 0.0842 e. The molecule has 0 heteroatoms. The Morgan fingerprint density at radius 2 is 0.985 bits per heavy atom. The highest BCUT2D eigenvalue weighted by Gasteiger charge is 2.20. The van der Waals surface area contributed by atoms with Gasteiger partial charge in [-0.1, -0.05) is 237 Å². The number of hydrogen-bond acceptors (Lipinski definition) is 0. The monoisotopic (exact) mass is 844 g/mol. The maximum Gasteiger partial charge on any atom is 0.00561 e. The van der Waals surface area contributed by atoms with E-state index in [1.54, 1.807) is 0 Å². The highest BCUT2D eigenvalue weighted by atomic mass is 14.2. The van der Waals surface area contributed by atoms with Crippen molar-refractivity contribution in [1.82, 2.24) is 0 Å². The summed E-state index contributed by atoms with van der Waals surface area (Å²) in [6, 6.07) is 67.0. The van der Waals surface area contributed by atoms with Gasteiger partial charge in [0.25, 0.3) is 0 Å². The summed E-state index contributed by atoms with van der Waals surface area (Å²) < 4.78 is 0. The van der Waals surface area contributed by atoms with E-state index >= 15 is 0 Å². The van der Waals surface area contributed by atoms with E-state index in [2.05, 4.69) is 249 Å². The van der Waals surface area contributed by atoms with Gasteiger partial charge in [-0.25, -0.2) is 0 Å². The Hall–Kier alpha value is -7.80. The quantitative estimate of drug-likeness (QED) is 0.0950. The Bertz CT molecular complexity index is 3250. The zero-order valence-electron chi connectivity index (χ0n) is 37.3. The Morgan fingerprint density at radius 1 is 0.439 bits per heavy atom. The first kappa shape index (κ1) is 40.9. The van der Waals surface area contributed by atoms with Gasteiger partial charge in [-0.05, 0) is 149 Å². The normalized spacial score (nSPS) is 16.3. The van der Waals surface area contributed by atoms with Gasteiger partial charge in [0, 0.05) is 5.92 Å². The lowest BCUT2D eigenvalue weighted by molar-refractivity contribution is 0.857. The fourth-order valence-electron chi connectivity index (χ4n) is 10.1. The van der Waals surface area contributed by atoms with Crippen molar-refractivity contribution in [2.24, 2.45) is 0 Å². The molecular formula is C66H52. The molecule has 1 unspecified atom stereocenters. The van der Waals surface area contributed by atoms with Crippen LogP contribution in [0, 0.1) is 0 Å². The van der Waals surface area contributed by atoms with Crippen molar-refractivity contribution in [3.8, 4) is 22.3 Å². The van der Waals surface area contributed by atoms with Crippen LogP contribution in [0.2, 0.25) is 0 Å². The van der Waals surface area contributed by atoms with Gasteiger partial charge < -0.3 is 0 Å². The average Bonchev–Trinajstić information content (AvgIpc) is 3.40. The van der Waals surface area contributed by atoms with Crippen LogP contribution in [-0.4, -0.2) is 0 Å². The van der Waals surface area contributed by atoms with Crippen LogP contribution in [-0.2, 0) is 0 Å². The Kier molecular flexibility index (Phi) is 11.6. The Balaban J connectivity index is 0.862. The number of allylic oxidation sites excluding steroid dienone is 14. The first-order valence-electron chi connectivity index (χ1n) is 23.6. The van der Waals surface area contributed by atoms with Crippen LogP contribution in [0.25, 0.3) is 72.7 Å². The van der Waals surface area contributed by atoms with Crippen molar-refractivity contribution < 1.29 is 0 Å². The molecule has 0 aliphatic heterocycles. The minimum Gasteiger partial charge on any atom is -0.0842 e. The van der Waals surface area contributed by atoms with E-state index in [1.165, 1.54) is 105 Å². The molecule has 8 aromatic rings. The summed E-state index contributed by atoms with van der Waals surface area (Å²) in [6.45, 7) is 0. The molecule has 0 bridgehead atoms. The molecule has 0 spiro atoms. The number of benzene rings is 8. The molecule has 0 aromatic heterocycles. The summed E-state index contributed by atoms with van der Waals surface area (Å²) in [5.41, 5.74) is 19.1. The molecule has 0 saturated heterocycles. The first-order valence-corrected chi connectivity index (χ1v) is 23.6. The van der Waals surface area contributed by atoms with Crippen molar-refractivity contribution in [2.75, 3.05) is 0 Å². The molecule has 0 fully saturated rings. The molecule has 0 nitrogen and oxygen atoms in total. The Morgan fingerprint density at radius 3 is 1.55 bits per heavy atom. The Labute approximate surface area is 390 Å². The average molecular weight is 845 g/mol. The van der Waals surface area contributed by atoms with Gasteiger partial charge in [-0.3, -0.25) is 0 Å². The van der Waals surface area contributed by atoms with Gasteiger partial charge in [-0.15, -0.1) is 0 Å². The van der Waals surface area contributed by atoms with E-state index in [0.717, 1.165) is 32.1 Å². The topological polar surface area (TPSA) is 0 Å². The van der Waals surface area contributed by atoms with Crippen LogP contribution in [0.4, 0.5) is 0 Å². The van der Waals surface area contributed by atoms with Crippen LogP contribution < -0.4 is 0 Å². The molecule has 316 valence electrons. The van der Waals surface area contributed by atoms with E-state index in [1.807, 2.05) is 0 Å². The van der Waals surface area contributed by atoms with Crippen LogP contribution in [0.5, 0.6) is 0 Å². The summed E-state index contributed by atoms with van der Waals surface area (Å²) >= 11 is 0. The van der Waals surface area contributed by atoms with Gasteiger partial charge in [0.1, 0.15) is 0 Å². The van der Waals surface area contributed by atoms with Crippen molar-refractivity contribution in [3.63, 3.8) is 0 Å². The second kappa shape index (κ2) is 18.7. The molecule has 0 amide bonds. The van der Waals surface area contributed by atoms with E-state index in [4.69, 9.17) is 0 Å². The van der Waals surface area contributed by atoms with Crippen molar-refractivity contribution >= 4 is 50.4 Å². The first-order chi connectivity index (χ1) is 32.7. The van der Waals surface area contributed by atoms with Crippen LogP contribution >= 0.6 is 0 Å². The zero-order chi connectivity index (χ0) is 44.1. The molecular weight excluding hydrogens is 793 g/mol.